The molecule has 24 heavy (non-hydrogen) atoms. The first-order valence-electron chi connectivity index (χ1n) is 7.26. The summed E-state index contributed by atoms with van der Waals surface area (Å²) in [5.74, 6) is -1.32. The molecule has 0 saturated heterocycles. The van der Waals surface area contributed by atoms with Crippen molar-refractivity contribution in [2.24, 2.45) is 0 Å². The van der Waals surface area contributed by atoms with E-state index in [1.807, 2.05) is 30.3 Å². The average molecular weight is 327 g/mol. The van der Waals surface area contributed by atoms with Crippen LogP contribution in [0.4, 0.5) is 0 Å². The molecule has 0 aliphatic carbocycles. The highest BCUT2D eigenvalue weighted by Gasteiger charge is 2.23. The van der Waals surface area contributed by atoms with Crippen molar-refractivity contribution in [2.75, 3.05) is 7.11 Å². The lowest BCUT2D eigenvalue weighted by Gasteiger charge is -2.17. The normalized spacial score (nSPS) is 11.4. The van der Waals surface area contributed by atoms with Crippen molar-refractivity contribution in [3.8, 4) is 5.75 Å². The van der Waals surface area contributed by atoms with Crippen LogP contribution in [-0.4, -0.2) is 36.4 Å². The summed E-state index contributed by atoms with van der Waals surface area (Å²) in [6.07, 6.45) is 0.728. The predicted molar refractivity (Wildman–Crippen MR) is 86.9 cm³/mol. The quantitative estimate of drug-likeness (QED) is 0.622. The molecule has 1 amide bonds. The van der Waals surface area contributed by atoms with Gasteiger partial charge < -0.3 is 15.2 Å². The van der Waals surface area contributed by atoms with Crippen molar-refractivity contribution in [2.45, 2.75) is 12.5 Å². The first-order valence-corrected chi connectivity index (χ1v) is 7.26. The summed E-state index contributed by atoms with van der Waals surface area (Å²) in [6, 6.07) is 12.2. The molecule has 0 aromatic heterocycles. The highest BCUT2D eigenvalue weighted by molar-refractivity contribution is 5.98. The lowest BCUT2D eigenvalue weighted by atomic mass is 10.0. The van der Waals surface area contributed by atoms with Gasteiger partial charge in [-0.3, -0.25) is 9.59 Å². The molecule has 0 heterocycles. The van der Waals surface area contributed by atoms with Gasteiger partial charge in [0, 0.05) is 12.0 Å². The van der Waals surface area contributed by atoms with Crippen molar-refractivity contribution in [3.63, 3.8) is 0 Å². The fourth-order valence-corrected chi connectivity index (χ4v) is 2.22. The Balaban J connectivity index is 2.18. The molecule has 0 spiro atoms. The molecule has 0 unspecified atom stereocenters. The third kappa shape index (κ3) is 4.19. The molecule has 0 aliphatic rings. The minimum atomic E-state index is -0.863. The van der Waals surface area contributed by atoms with Crippen LogP contribution >= 0.6 is 0 Å². The first-order chi connectivity index (χ1) is 11.5. The highest BCUT2D eigenvalue weighted by atomic mass is 16.5. The molecule has 0 saturated carbocycles. The number of aromatic hydroxyl groups is 1. The molecule has 0 fully saturated rings. The fourth-order valence-electron chi connectivity index (χ4n) is 2.22. The number of nitrogens with one attached hydrogen (secondary N) is 1. The monoisotopic (exact) mass is 327 g/mol. The van der Waals surface area contributed by atoms with Gasteiger partial charge in [-0.1, -0.05) is 30.3 Å². The second-order valence-corrected chi connectivity index (χ2v) is 5.13. The lowest BCUT2D eigenvalue weighted by molar-refractivity contribution is -0.142. The van der Waals surface area contributed by atoms with Crippen molar-refractivity contribution in [1.29, 1.82) is 0 Å². The number of hydrogen-bond donors (Lipinski definition) is 2. The predicted octanol–water partition coefficient (Wildman–Crippen LogP) is 1.72. The summed E-state index contributed by atoms with van der Waals surface area (Å²) in [6.45, 7) is 0. The molecular weight excluding hydrogens is 310 g/mol. The van der Waals surface area contributed by atoms with Crippen molar-refractivity contribution < 1.29 is 24.2 Å². The number of rotatable bonds is 6. The minimum Gasteiger partial charge on any atom is -0.507 e. The Kier molecular flexibility index (Phi) is 5.68. The third-order valence-electron chi connectivity index (χ3n) is 3.49. The number of methoxy groups -OCH3 is 1. The van der Waals surface area contributed by atoms with Crippen molar-refractivity contribution in [3.05, 3.63) is 65.2 Å². The van der Waals surface area contributed by atoms with Crippen LogP contribution in [-0.2, 0) is 16.0 Å². The molecular formula is C18H17NO5. The Bertz CT molecular complexity index is 742. The van der Waals surface area contributed by atoms with Gasteiger partial charge in [0.25, 0.3) is 5.91 Å². The second-order valence-electron chi connectivity index (χ2n) is 5.13. The third-order valence-corrected chi connectivity index (χ3v) is 3.49. The molecule has 124 valence electrons. The first kappa shape index (κ1) is 17.2. The summed E-state index contributed by atoms with van der Waals surface area (Å²) in [5.41, 5.74) is 1.03. The van der Waals surface area contributed by atoms with Crippen molar-refractivity contribution >= 4 is 18.2 Å². The topological polar surface area (TPSA) is 92.7 Å². The van der Waals surface area contributed by atoms with Crippen LogP contribution in [0.5, 0.6) is 5.75 Å². The van der Waals surface area contributed by atoms with E-state index >= 15 is 0 Å². The average Bonchev–Trinajstić information content (AvgIpc) is 2.61. The SMILES string of the molecule is COC(=O)[C@H](Cc1ccccc1)NC(=O)c1ccc(O)c(C=O)c1. The summed E-state index contributed by atoms with van der Waals surface area (Å²) in [4.78, 5) is 35.1. The summed E-state index contributed by atoms with van der Waals surface area (Å²) < 4.78 is 4.74. The van der Waals surface area contributed by atoms with E-state index in [1.54, 1.807) is 0 Å². The Morgan fingerprint density at radius 3 is 2.54 bits per heavy atom. The molecule has 6 heteroatoms. The van der Waals surface area contributed by atoms with Crippen LogP contribution in [0, 0.1) is 0 Å². The van der Waals surface area contributed by atoms with Gasteiger partial charge in [0.05, 0.1) is 12.7 Å². The smallest absolute Gasteiger partial charge is 0.328 e. The number of benzene rings is 2. The van der Waals surface area contributed by atoms with E-state index in [0.717, 1.165) is 5.56 Å². The van der Waals surface area contributed by atoms with E-state index in [2.05, 4.69) is 5.32 Å². The number of aldehydes is 1. The molecule has 0 bridgehead atoms. The lowest BCUT2D eigenvalue weighted by Crippen LogP contribution is -2.43. The summed E-state index contributed by atoms with van der Waals surface area (Å²) in [5, 5.41) is 12.1. The molecule has 0 aliphatic heterocycles. The molecule has 2 aromatic rings. The van der Waals surface area contributed by atoms with Gasteiger partial charge in [-0.15, -0.1) is 0 Å². The van der Waals surface area contributed by atoms with E-state index in [1.165, 1.54) is 25.3 Å². The van der Waals surface area contributed by atoms with Crippen LogP contribution in [0.15, 0.2) is 48.5 Å². The Morgan fingerprint density at radius 2 is 1.92 bits per heavy atom. The van der Waals surface area contributed by atoms with Gasteiger partial charge in [0.2, 0.25) is 0 Å². The summed E-state index contributed by atoms with van der Waals surface area (Å²) in [7, 11) is 1.25. The molecule has 2 aromatic carbocycles. The number of ether oxygens (including phenoxy) is 1. The molecule has 0 radical (unpaired) electrons. The van der Waals surface area contributed by atoms with E-state index in [-0.39, 0.29) is 23.3 Å². The Labute approximate surface area is 139 Å². The molecule has 1 atom stereocenters. The van der Waals surface area contributed by atoms with Gasteiger partial charge >= 0.3 is 5.97 Å². The number of esters is 1. The molecule has 6 nitrogen and oxygen atoms in total. The van der Waals surface area contributed by atoms with Crippen molar-refractivity contribution in [1.82, 2.24) is 5.32 Å². The maximum Gasteiger partial charge on any atom is 0.328 e. The second kappa shape index (κ2) is 7.92. The van der Waals surface area contributed by atoms with Gasteiger partial charge in [-0.2, -0.15) is 0 Å². The van der Waals surface area contributed by atoms with Gasteiger partial charge in [0.1, 0.15) is 11.8 Å². The van der Waals surface area contributed by atoms with Crippen LogP contribution in [0.3, 0.4) is 0 Å². The summed E-state index contributed by atoms with van der Waals surface area (Å²) >= 11 is 0. The largest absolute Gasteiger partial charge is 0.507 e. The Morgan fingerprint density at radius 1 is 1.21 bits per heavy atom. The zero-order valence-corrected chi connectivity index (χ0v) is 13.1. The van der Waals surface area contributed by atoms with Crippen LogP contribution in [0.2, 0.25) is 0 Å². The van der Waals surface area contributed by atoms with Gasteiger partial charge in [-0.05, 0) is 23.8 Å². The van der Waals surface area contributed by atoms with Crippen LogP contribution < -0.4 is 5.32 Å². The van der Waals surface area contributed by atoms with Crippen LogP contribution in [0.1, 0.15) is 26.3 Å². The highest BCUT2D eigenvalue weighted by Crippen LogP contribution is 2.16. The number of amides is 1. The number of carbonyl (C=O) groups excluding carboxylic acids is 3. The molecule has 2 N–H and O–H groups in total. The van der Waals surface area contributed by atoms with E-state index < -0.39 is 17.9 Å². The number of phenols is 1. The number of phenolic OH excluding ortho intramolecular Hbond substituents is 1. The van der Waals surface area contributed by atoms with E-state index in [9.17, 15) is 19.5 Å². The number of hydrogen-bond acceptors (Lipinski definition) is 5. The Hall–Kier alpha value is -3.15. The zero-order chi connectivity index (χ0) is 17.5. The minimum absolute atomic E-state index is 0.000303. The molecule has 2 rings (SSSR count). The number of carbonyl (C=O) groups is 3. The zero-order valence-electron chi connectivity index (χ0n) is 13.1. The van der Waals surface area contributed by atoms with Crippen LogP contribution in [0.25, 0.3) is 0 Å². The maximum atomic E-state index is 12.3. The standard InChI is InChI=1S/C18H17NO5/c1-24-18(23)15(9-12-5-3-2-4-6-12)19-17(22)13-7-8-16(21)14(10-13)11-20/h2-8,10-11,15,21H,9H2,1H3,(H,19,22)/t15-/m0/s1. The van der Waals surface area contributed by atoms with Gasteiger partial charge in [-0.25, -0.2) is 4.79 Å². The van der Waals surface area contributed by atoms with E-state index in [4.69, 9.17) is 4.74 Å². The fraction of sp³-hybridized carbons (Fsp3) is 0.167. The van der Waals surface area contributed by atoms with E-state index in [0.29, 0.717) is 6.29 Å². The maximum absolute atomic E-state index is 12.3. The van der Waals surface area contributed by atoms with Gasteiger partial charge in [0.15, 0.2) is 6.29 Å².